The number of amides is 1. The maximum Gasteiger partial charge on any atom is 0.227 e. The standard InChI is InChI=1S/C20H18N8OS/c29-19(22-7-16-10-30-20(26-16)14-4-2-1-3-5-14)15-8-27(9-15)17-6-18(24-12-23-17)28-13-21-11-25-28/h1-6,10-13,15H,7-9H2,(H,22,29). The van der Waals surface area contributed by atoms with Gasteiger partial charge < -0.3 is 10.2 Å². The Labute approximate surface area is 176 Å². The number of rotatable bonds is 6. The van der Waals surface area contributed by atoms with Crippen LogP contribution < -0.4 is 10.2 Å². The highest BCUT2D eigenvalue weighted by Gasteiger charge is 2.33. The summed E-state index contributed by atoms with van der Waals surface area (Å²) in [5.41, 5.74) is 1.96. The molecule has 0 spiro atoms. The average molecular weight is 418 g/mol. The molecule has 0 bridgehead atoms. The van der Waals surface area contributed by atoms with Crippen molar-refractivity contribution in [3.63, 3.8) is 0 Å². The highest BCUT2D eigenvalue weighted by molar-refractivity contribution is 7.13. The van der Waals surface area contributed by atoms with E-state index in [0.717, 1.165) is 22.1 Å². The molecule has 1 N–H and O–H groups in total. The topological polar surface area (TPSA) is 102 Å². The summed E-state index contributed by atoms with van der Waals surface area (Å²) in [6, 6.07) is 11.9. The summed E-state index contributed by atoms with van der Waals surface area (Å²) < 4.78 is 1.58. The maximum atomic E-state index is 12.5. The van der Waals surface area contributed by atoms with Gasteiger partial charge in [0.25, 0.3) is 0 Å². The zero-order chi connectivity index (χ0) is 20.3. The van der Waals surface area contributed by atoms with Crippen molar-refractivity contribution in [2.75, 3.05) is 18.0 Å². The molecule has 1 fully saturated rings. The minimum absolute atomic E-state index is 0.0334. The van der Waals surface area contributed by atoms with Crippen LogP contribution in [0.4, 0.5) is 5.82 Å². The van der Waals surface area contributed by atoms with E-state index in [0.29, 0.717) is 25.5 Å². The molecule has 1 aliphatic heterocycles. The Balaban J connectivity index is 1.14. The van der Waals surface area contributed by atoms with Crippen LogP contribution in [0.15, 0.2) is 60.8 Å². The molecule has 10 heteroatoms. The summed E-state index contributed by atoms with van der Waals surface area (Å²) in [4.78, 5) is 31.6. The highest BCUT2D eigenvalue weighted by Crippen LogP contribution is 2.25. The van der Waals surface area contributed by atoms with Crippen LogP contribution in [0.5, 0.6) is 0 Å². The van der Waals surface area contributed by atoms with Crippen molar-refractivity contribution < 1.29 is 4.79 Å². The minimum Gasteiger partial charge on any atom is -0.355 e. The molecule has 0 unspecified atom stereocenters. The van der Waals surface area contributed by atoms with Crippen molar-refractivity contribution in [1.82, 2.24) is 35.0 Å². The van der Waals surface area contributed by atoms with Crippen molar-refractivity contribution in [3.05, 3.63) is 66.5 Å². The molecule has 1 aromatic carbocycles. The molecule has 1 saturated heterocycles. The van der Waals surface area contributed by atoms with E-state index >= 15 is 0 Å². The Morgan fingerprint density at radius 1 is 1.13 bits per heavy atom. The second-order valence-electron chi connectivity index (χ2n) is 6.90. The molecule has 30 heavy (non-hydrogen) atoms. The Bertz CT molecular complexity index is 1140. The van der Waals surface area contributed by atoms with Gasteiger partial charge >= 0.3 is 0 Å². The minimum atomic E-state index is -0.0676. The number of nitrogens with zero attached hydrogens (tertiary/aromatic N) is 7. The van der Waals surface area contributed by atoms with Crippen LogP contribution in [-0.4, -0.2) is 48.7 Å². The van der Waals surface area contributed by atoms with Crippen LogP contribution in [0.3, 0.4) is 0 Å². The Hall–Kier alpha value is -3.66. The predicted octanol–water partition coefficient (Wildman–Crippen LogP) is 1.93. The Kier molecular flexibility index (Phi) is 4.89. The van der Waals surface area contributed by atoms with Crippen LogP contribution >= 0.6 is 11.3 Å². The quantitative estimate of drug-likeness (QED) is 0.510. The van der Waals surface area contributed by atoms with E-state index < -0.39 is 0 Å². The smallest absolute Gasteiger partial charge is 0.227 e. The lowest BCUT2D eigenvalue weighted by Gasteiger charge is -2.39. The molecule has 0 atom stereocenters. The van der Waals surface area contributed by atoms with Crippen LogP contribution in [-0.2, 0) is 11.3 Å². The third-order valence-electron chi connectivity index (χ3n) is 4.88. The van der Waals surface area contributed by atoms with Crippen molar-refractivity contribution in [2.45, 2.75) is 6.54 Å². The van der Waals surface area contributed by atoms with Crippen LogP contribution in [0.25, 0.3) is 16.4 Å². The molecular formula is C20H18N8OS. The van der Waals surface area contributed by atoms with Crippen LogP contribution in [0, 0.1) is 5.92 Å². The lowest BCUT2D eigenvalue weighted by molar-refractivity contribution is -0.125. The van der Waals surface area contributed by atoms with Crippen molar-refractivity contribution >= 4 is 23.1 Å². The lowest BCUT2D eigenvalue weighted by atomic mass is 9.99. The number of carbonyl (C=O) groups excluding carboxylic acids is 1. The van der Waals surface area contributed by atoms with Crippen LogP contribution in [0.2, 0.25) is 0 Å². The van der Waals surface area contributed by atoms with E-state index in [-0.39, 0.29) is 11.8 Å². The molecule has 0 aliphatic carbocycles. The van der Waals surface area contributed by atoms with Gasteiger partial charge in [0.15, 0.2) is 5.82 Å². The largest absolute Gasteiger partial charge is 0.355 e. The fourth-order valence-corrected chi connectivity index (χ4v) is 4.04. The lowest BCUT2D eigenvalue weighted by Crippen LogP contribution is -2.54. The number of thiazole rings is 1. The molecular weight excluding hydrogens is 400 g/mol. The Morgan fingerprint density at radius 2 is 1.97 bits per heavy atom. The van der Waals surface area contributed by atoms with Gasteiger partial charge in [0.05, 0.1) is 18.2 Å². The molecule has 4 heterocycles. The number of carbonyl (C=O) groups is 1. The Morgan fingerprint density at radius 3 is 2.77 bits per heavy atom. The summed E-state index contributed by atoms with van der Waals surface area (Å²) in [6.45, 7) is 1.67. The summed E-state index contributed by atoms with van der Waals surface area (Å²) in [5, 5.41) is 10.0. The first-order valence-corrected chi connectivity index (χ1v) is 10.3. The number of aromatic nitrogens is 6. The van der Waals surface area contributed by atoms with Gasteiger partial charge in [-0.15, -0.1) is 11.3 Å². The van der Waals surface area contributed by atoms with Crippen LogP contribution in [0.1, 0.15) is 5.69 Å². The van der Waals surface area contributed by atoms with E-state index in [1.54, 1.807) is 22.3 Å². The van der Waals surface area contributed by atoms with E-state index in [9.17, 15) is 4.79 Å². The molecule has 0 saturated carbocycles. The molecule has 150 valence electrons. The summed E-state index contributed by atoms with van der Waals surface area (Å²) >= 11 is 1.58. The van der Waals surface area contributed by atoms with Gasteiger partial charge in [-0.05, 0) is 0 Å². The highest BCUT2D eigenvalue weighted by atomic mass is 32.1. The van der Waals surface area contributed by atoms with Crippen molar-refractivity contribution in [1.29, 1.82) is 0 Å². The number of hydrogen-bond acceptors (Lipinski definition) is 8. The maximum absolute atomic E-state index is 12.5. The number of hydrogen-bond donors (Lipinski definition) is 1. The molecule has 5 rings (SSSR count). The first-order valence-electron chi connectivity index (χ1n) is 9.46. The second kappa shape index (κ2) is 7.99. The SMILES string of the molecule is O=C(NCc1csc(-c2ccccc2)n1)C1CN(c2cc(-n3cncn3)ncn2)C1. The number of anilines is 1. The zero-order valence-electron chi connectivity index (χ0n) is 15.9. The van der Waals surface area contributed by atoms with Crippen molar-refractivity contribution in [2.24, 2.45) is 5.92 Å². The summed E-state index contributed by atoms with van der Waals surface area (Å²) in [6.07, 6.45) is 4.53. The van der Waals surface area contributed by atoms with Crippen molar-refractivity contribution in [3.8, 4) is 16.4 Å². The third-order valence-corrected chi connectivity index (χ3v) is 5.82. The van der Waals surface area contributed by atoms with E-state index in [2.05, 4.69) is 30.4 Å². The molecule has 0 radical (unpaired) electrons. The molecule has 1 aliphatic rings. The van der Waals surface area contributed by atoms with Gasteiger partial charge in [-0.1, -0.05) is 30.3 Å². The van der Waals surface area contributed by atoms with Gasteiger partial charge in [0.1, 0.15) is 29.8 Å². The van der Waals surface area contributed by atoms with E-state index in [1.807, 2.05) is 46.7 Å². The average Bonchev–Trinajstić information content (AvgIpc) is 3.44. The van der Waals surface area contributed by atoms with Gasteiger partial charge in [-0.2, -0.15) is 5.10 Å². The monoisotopic (exact) mass is 418 g/mol. The number of nitrogens with one attached hydrogen (secondary N) is 1. The van der Waals surface area contributed by atoms with Gasteiger partial charge in [-0.25, -0.2) is 24.6 Å². The van der Waals surface area contributed by atoms with Gasteiger partial charge in [-0.3, -0.25) is 4.79 Å². The van der Waals surface area contributed by atoms with E-state index in [1.165, 1.54) is 12.7 Å². The molecule has 4 aromatic rings. The fraction of sp³-hybridized carbons (Fsp3) is 0.200. The first kappa shape index (κ1) is 18.4. The zero-order valence-corrected chi connectivity index (χ0v) is 16.7. The number of benzene rings is 1. The normalized spacial score (nSPS) is 13.8. The molecule has 9 nitrogen and oxygen atoms in total. The summed E-state index contributed by atoms with van der Waals surface area (Å²) in [7, 11) is 0. The van der Waals surface area contributed by atoms with Gasteiger partial charge in [0, 0.05) is 30.1 Å². The first-order chi connectivity index (χ1) is 14.8. The second-order valence-corrected chi connectivity index (χ2v) is 7.76. The van der Waals surface area contributed by atoms with E-state index in [4.69, 9.17) is 0 Å². The van der Waals surface area contributed by atoms with Gasteiger partial charge in [0.2, 0.25) is 5.91 Å². The molecule has 3 aromatic heterocycles. The fourth-order valence-electron chi connectivity index (χ4n) is 3.22. The third kappa shape index (κ3) is 3.77. The predicted molar refractivity (Wildman–Crippen MR) is 112 cm³/mol. The summed E-state index contributed by atoms with van der Waals surface area (Å²) in [5.74, 6) is 1.38. The molecule has 1 amide bonds.